The number of aryl methyl sites for hydroxylation is 2. The van der Waals surface area contributed by atoms with Gasteiger partial charge < -0.3 is 19.3 Å². The monoisotopic (exact) mass is 479 g/mol. The summed E-state index contributed by atoms with van der Waals surface area (Å²) in [6, 6.07) is 18.0. The molecule has 0 radical (unpaired) electrons. The van der Waals surface area contributed by atoms with Gasteiger partial charge in [-0.2, -0.15) is 5.10 Å². The van der Waals surface area contributed by atoms with Crippen molar-refractivity contribution in [1.82, 2.24) is 14.7 Å². The maximum absolute atomic E-state index is 10.6. The molecule has 7 heteroatoms. The smallest absolute Gasteiger partial charge is 0.227 e. The first-order chi connectivity index (χ1) is 17.0. The van der Waals surface area contributed by atoms with Crippen molar-refractivity contribution in [2.75, 3.05) is 40.0 Å². The molecule has 0 saturated heterocycles. The summed E-state index contributed by atoms with van der Waals surface area (Å²) in [6.45, 7) is 10.6. The summed E-state index contributed by atoms with van der Waals surface area (Å²) in [5.41, 5.74) is 4.04. The van der Waals surface area contributed by atoms with Crippen molar-refractivity contribution in [3.8, 4) is 17.3 Å². The van der Waals surface area contributed by atoms with E-state index in [-0.39, 0.29) is 6.61 Å². The second-order valence-corrected chi connectivity index (χ2v) is 8.45. The number of hydrogen-bond acceptors (Lipinski definition) is 6. The van der Waals surface area contributed by atoms with E-state index in [0.29, 0.717) is 38.7 Å². The van der Waals surface area contributed by atoms with Crippen LogP contribution in [0.3, 0.4) is 0 Å². The van der Waals surface area contributed by atoms with E-state index >= 15 is 0 Å². The molecule has 1 N–H and O–H groups in total. The molecule has 0 aliphatic rings. The number of nitrogens with zero attached hydrogens (tertiary/aromatic N) is 3. The molecule has 0 fully saturated rings. The van der Waals surface area contributed by atoms with E-state index in [1.807, 2.05) is 59.3 Å². The van der Waals surface area contributed by atoms with Crippen LogP contribution in [0.2, 0.25) is 0 Å². The highest BCUT2D eigenvalue weighted by Crippen LogP contribution is 2.32. The van der Waals surface area contributed by atoms with Crippen LogP contribution in [-0.4, -0.2) is 65.9 Å². The number of benzene rings is 2. The van der Waals surface area contributed by atoms with E-state index in [9.17, 15) is 5.11 Å². The first-order valence-corrected chi connectivity index (χ1v) is 12.0. The average Bonchev–Trinajstić information content (AvgIpc) is 3.21. The van der Waals surface area contributed by atoms with Gasteiger partial charge in [-0.1, -0.05) is 48.9 Å². The Balaban J connectivity index is 1.96. The van der Waals surface area contributed by atoms with Crippen molar-refractivity contribution in [1.29, 1.82) is 0 Å². The molecule has 0 spiro atoms. The van der Waals surface area contributed by atoms with Crippen LogP contribution in [0, 0.1) is 6.92 Å². The highest BCUT2D eigenvalue weighted by atomic mass is 16.5. The van der Waals surface area contributed by atoms with E-state index < -0.39 is 6.10 Å². The van der Waals surface area contributed by atoms with E-state index in [4.69, 9.17) is 19.3 Å². The third-order valence-corrected chi connectivity index (χ3v) is 5.60. The van der Waals surface area contributed by atoms with Gasteiger partial charge in [-0.05, 0) is 37.6 Å². The zero-order valence-electron chi connectivity index (χ0n) is 21.0. The molecular weight excluding hydrogens is 442 g/mol. The number of ether oxygens (including phenoxy) is 3. The molecule has 7 nitrogen and oxygen atoms in total. The van der Waals surface area contributed by atoms with Gasteiger partial charge in [-0.25, -0.2) is 4.68 Å². The Morgan fingerprint density at radius 1 is 1.14 bits per heavy atom. The second kappa shape index (κ2) is 13.8. The van der Waals surface area contributed by atoms with Crippen LogP contribution in [0.25, 0.3) is 5.69 Å². The summed E-state index contributed by atoms with van der Waals surface area (Å²) in [4.78, 5) is 2.15. The quantitative estimate of drug-likeness (QED) is 0.255. The fourth-order valence-electron chi connectivity index (χ4n) is 3.80. The van der Waals surface area contributed by atoms with Crippen LogP contribution >= 0.6 is 0 Å². The molecule has 2 aromatic carbocycles. The van der Waals surface area contributed by atoms with Crippen LogP contribution in [0.4, 0.5) is 0 Å². The average molecular weight is 480 g/mol. The minimum absolute atomic E-state index is 0.242. The molecule has 1 heterocycles. The maximum atomic E-state index is 10.6. The summed E-state index contributed by atoms with van der Waals surface area (Å²) >= 11 is 0. The Morgan fingerprint density at radius 3 is 2.54 bits per heavy atom. The number of aliphatic hydroxyl groups excluding tert-OH is 1. The number of methoxy groups -OCH3 is 1. The fraction of sp³-hybridized carbons (Fsp3) is 0.393. The lowest BCUT2D eigenvalue weighted by Crippen LogP contribution is -2.36. The van der Waals surface area contributed by atoms with Crippen LogP contribution in [0.15, 0.2) is 67.3 Å². The van der Waals surface area contributed by atoms with Crippen molar-refractivity contribution in [3.05, 3.63) is 84.1 Å². The Hall–Kier alpha value is -2.97. The predicted molar refractivity (Wildman–Crippen MR) is 138 cm³/mol. The normalized spacial score (nSPS) is 12.1. The van der Waals surface area contributed by atoms with Crippen LogP contribution in [0.1, 0.15) is 23.7 Å². The Bertz CT molecular complexity index is 1030. The SMILES string of the molecule is C=CCOCC(O)CN(CCOC)Cc1c(CC)nn(-c2ccccc2)c1Oc1ccc(C)cc1. The first-order valence-electron chi connectivity index (χ1n) is 12.0. The lowest BCUT2D eigenvalue weighted by Gasteiger charge is -2.25. The van der Waals surface area contributed by atoms with Crippen molar-refractivity contribution < 1.29 is 19.3 Å². The third-order valence-electron chi connectivity index (χ3n) is 5.60. The molecule has 0 aliphatic carbocycles. The molecule has 3 rings (SSSR count). The van der Waals surface area contributed by atoms with Gasteiger partial charge in [0.2, 0.25) is 5.88 Å². The van der Waals surface area contributed by atoms with E-state index in [1.165, 1.54) is 5.56 Å². The molecule has 0 bridgehead atoms. The lowest BCUT2D eigenvalue weighted by molar-refractivity contribution is 0.0192. The maximum Gasteiger partial charge on any atom is 0.227 e. The number of hydrogen-bond donors (Lipinski definition) is 1. The lowest BCUT2D eigenvalue weighted by atomic mass is 10.1. The number of aromatic nitrogens is 2. The summed E-state index contributed by atoms with van der Waals surface area (Å²) in [5.74, 6) is 1.43. The van der Waals surface area contributed by atoms with Gasteiger partial charge in [0, 0.05) is 26.7 Å². The van der Waals surface area contributed by atoms with Gasteiger partial charge in [0.05, 0.1) is 42.9 Å². The van der Waals surface area contributed by atoms with Crippen LogP contribution in [-0.2, 0) is 22.4 Å². The first kappa shape index (κ1) is 26.6. The van der Waals surface area contributed by atoms with E-state index in [1.54, 1.807) is 13.2 Å². The van der Waals surface area contributed by atoms with Crippen molar-refractivity contribution in [3.63, 3.8) is 0 Å². The van der Waals surface area contributed by atoms with Crippen molar-refractivity contribution in [2.45, 2.75) is 32.9 Å². The van der Waals surface area contributed by atoms with Gasteiger partial charge in [0.15, 0.2) is 0 Å². The second-order valence-electron chi connectivity index (χ2n) is 8.45. The number of aliphatic hydroxyl groups is 1. The standard InChI is InChI=1S/C28H37N3O4/c1-5-17-34-21-24(32)19-30(16-18-33-4)20-26-27(6-2)29-31(23-10-8-7-9-11-23)28(26)35-25-14-12-22(3)13-15-25/h5,7-15,24,32H,1,6,16-21H2,2-4H3. The van der Waals surface area contributed by atoms with Gasteiger partial charge in [0.1, 0.15) is 5.75 Å². The number of rotatable bonds is 15. The zero-order chi connectivity index (χ0) is 25.0. The summed E-state index contributed by atoms with van der Waals surface area (Å²) in [6.07, 6.45) is 1.79. The van der Waals surface area contributed by atoms with Gasteiger partial charge >= 0.3 is 0 Å². The number of para-hydroxylation sites is 1. The molecule has 1 atom stereocenters. The highest BCUT2D eigenvalue weighted by Gasteiger charge is 2.23. The Morgan fingerprint density at radius 2 is 1.89 bits per heavy atom. The topological polar surface area (TPSA) is 69.0 Å². The Labute approximate surface area is 208 Å². The van der Waals surface area contributed by atoms with E-state index in [0.717, 1.165) is 29.1 Å². The fourth-order valence-corrected chi connectivity index (χ4v) is 3.80. The molecule has 35 heavy (non-hydrogen) atoms. The van der Waals surface area contributed by atoms with Gasteiger partial charge in [0.25, 0.3) is 0 Å². The molecule has 1 aromatic heterocycles. The third kappa shape index (κ3) is 7.77. The zero-order valence-corrected chi connectivity index (χ0v) is 21.0. The van der Waals surface area contributed by atoms with Gasteiger partial charge in [-0.3, -0.25) is 4.90 Å². The summed E-state index contributed by atoms with van der Waals surface area (Å²) < 4.78 is 19.1. The minimum atomic E-state index is -0.637. The molecule has 188 valence electrons. The van der Waals surface area contributed by atoms with Gasteiger partial charge in [-0.15, -0.1) is 6.58 Å². The molecule has 0 aliphatic heterocycles. The van der Waals surface area contributed by atoms with E-state index in [2.05, 4.69) is 25.3 Å². The molecule has 0 saturated carbocycles. The minimum Gasteiger partial charge on any atom is -0.439 e. The van der Waals surface area contributed by atoms with Crippen LogP contribution < -0.4 is 4.74 Å². The molecular formula is C28H37N3O4. The molecule has 0 amide bonds. The predicted octanol–water partition coefficient (Wildman–Crippen LogP) is 4.55. The van der Waals surface area contributed by atoms with Crippen molar-refractivity contribution >= 4 is 0 Å². The largest absolute Gasteiger partial charge is 0.439 e. The van der Waals surface area contributed by atoms with Crippen LogP contribution in [0.5, 0.6) is 11.6 Å². The molecule has 3 aromatic rings. The highest BCUT2D eigenvalue weighted by molar-refractivity contribution is 5.44. The van der Waals surface area contributed by atoms with Crippen molar-refractivity contribution in [2.24, 2.45) is 0 Å². The molecule has 1 unspecified atom stereocenters. The Kier molecular flexibility index (Phi) is 10.5. The summed E-state index contributed by atoms with van der Waals surface area (Å²) in [7, 11) is 1.68. The summed E-state index contributed by atoms with van der Waals surface area (Å²) in [5, 5.41) is 15.5.